The number of carboxylic acid groups (broad SMARTS) is 1. The standard InChI is InChI=1S/C11H19N3O3/c1-4-8(3)14(7-11(15)16)6-10-13-12-9(5-2)17-10/h8H,4-7H2,1-3H3,(H,15,16). The molecule has 1 rings (SSSR count). The van der Waals surface area contributed by atoms with Crippen molar-refractivity contribution < 1.29 is 14.3 Å². The van der Waals surface area contributed by atoms with E-state index in [2.05, 4.69) is 10.2 Å². The lowest BCUT2D eigenvalue weighted by atomic mass is 10.2. The molecule has 0 aliphatic rings. The van der Waals surface area contributed by atoms with Gasteiger partial charge in [-0.15, -0.1) is 10.2 Å². The van der Waals surface area contributed by atoms with E-state index in [0.717, 1.165) is 6.42 Å². The van der Waals surface area contributed by atoms with E-state index in [4.69, 9.17) is 9.52 Å². The molecule has 0 fully saturated rings. The van der Waals surface area contributed by atoms with Crippen LogP contribution in [0.15, 0.2) is 4.42 Å². The molecule has 1 aromatic heterocycles. The van der Waals surface area contributed by atoms with Crippen LogP contribution in [0.5, 0.6) is 0 Å². The Hall–Kier alpha value is -1.43. The predicted octanol–water partition coefficient (Wildman–Crippen LogP) is 1.32. The van der Waals surface area contributed by atoms with Crippen LogP contribution in [0, 0.1) is 0 Å². The molecule has 0 aliphatic carbocycles. The van der Waals surface area contributed by atoms with Crippen LogP contribution in [-0.2, 0) is 17.8 Å². The third-order valence-electron chi connectivity index (χ3n) is 2.70. The number of hydrogen-bond donors (Lipinski definition) is 1. The highest BCUT2D eigenvalue weighted by atomic mass is 16.4. The molecule has 0 amide bonds. The fourth-order valence-corrected chi connectivity index (χ4v) is 1.47. The van der Waals surface area contributed by atoms with Gasteiger partial charge in [0.1, 0.15) is 0 Å². The second-order valence-electron chi connectivity index (χ2n) is 4.00. The quantitative estimate of drug-likeness (QED) is 0.775. The lowest BCUT2D eigenvalue weighted by Crippen LogP contribution is -2.36. The maximum Gasteiger partial charge on any atom is 0.317 e. The predicted molar refractivity (Wildman–Crippen MR) is 61.5 cm³/mol. The van der Waals surface area contributed by atoms with E-state index >= 15 is 0 Å². The largest absolute Gasteiger partial charge is 0.480 e. The Morgan fingerprint density at radius 2 is 2.06 bits per heavy atom. The van der Waals surface area contributed by atoms with E-state index in [1.165, 1.54) is 0 Å². The molecule has 0 spiro atoms. The zero-order valence-electron chi connectivity index (χ0n) is 10.5. The highest BCUT2D eigenvalue weighted by molar-refractivity contribution is 5.69. The van der Waals surface area contributed by atoms with Gasteiger partial charge in [0.25, 0.3) is 0 Å². The maximum absolute atomic E-state index is 10.8. The first-order chi connectivity index (χ1) is 8.06. The second-order valence-corrected chi connectivity index (χ2v) is 4.00. The van der Waals surface area contributed by atoms with E-state index in [0.29, 0.717) is 24.7 Å². The Morgan fingerprint density at radius 1 is 1.41 bits per heavy atom. The molecular weight excluding hydrogens is 222 g/mol. The summed E-state index contributed by atoms with van der Waals surface area (Å²) in [6.07, 6.45) is 1.57. The Balaban J connectivity index is 2.67. The molecule has 6 nitrogen and oxygen atoms in total. The van der Waals surface area contributed by atoms with Gasteiger partial charge in [-0.3, -0.25) is 9.69 Å². The van der Waals surface area contributed by atoms with Gasteiger partial charge in [0, 0.05) is 12.5 Å². The number of aromatic nitrogens is 2. The van der Waals surface area contributed by atoms with Crippen LogP contribution in [0.1, 0.15) is 39.0 Å². The zero-order valence-corrected chi connectivity index (χ0v) is 10.5. The summed E-state index contributed by atoms with van der Waals surface area (Å²) in [6, 6.07) is 0.170. The van der Waals surface area contributed by atoms with Crippen molar-refractivity contribution in [2.75, 3.05) is 6.54 Å². The van der Waals surface area contributed by atoms with Crippen LogP contribution < -0.4 is 0 Å². The number of nitrogens with zero attached hydrogens (tertiary/aromatic N) is 3. The van der Waals surface area contributed by atoms with Crippen molar-refractivity contribution in [3.05, 3.63) is 11.8 Å². The Labute approximate surface area is 101 Å². The van der Waals surface area contributed by atoms with Gasteiger partial charge in [-0.25, -0.2) is 0 Å². The van der Waals surface area contributed by atoms with Gasteiger partial charge >= 0.3 is 5.97 Å². The second kappa shape index (κ2) is 6.34. The van der Waals surface area contributed by atoms with Crippen molar-refractivity contribution in [2.45, 2.75) is 46.2 Å². The third kappa shape index (κ3) is 4.14. The number of hydrogen-bond acceptors (Lipinski definition) is 5. The molecule has 6 heteroatoms. The molecule has 0 aliphatic heterocycles. The van der Waals surface area contributed by atoms with E-state index in [1.807, 2.05) is 25.7 Å². The van der Waals surface area contributed by atoms with E-state index in [9.17, 15) is 4.79 Å². The van der Waals surface area contributed by atoms with Crippen molar-refractivity contribution >= 4 is 5.97 Å². The Bertz CT molecular complexity index is 365. The molecule has 1 aromatic rings. The number of aryl methyl sites for hydroxylation is 1. The van der Waals surface area contributed by atoms with Crippen molar-refractivity contribution in [1.82, 2.24) is 15.1 Å². The van der Waals surface area contributed by atoms with Crippen LogP contribution in [0.25, 0.3) is 0 Å². The SMILES string of the molecule is CCc1nnc(CN(CC(=O)O)C(C)CC)o1. The highest BCUT2D eigenvalue weighted by Gasteiger charge is 2.18. The summed E-state index contributed by atoms with van der Waals surface area (Å²) < 4.78 is 5.38. The minimum absolute atomic E-state index is 0.0150. The summed E-state index contributed by atoms with van der Waals surface area (Å²) in [5, 5.41) is 16.6. The molecule has 1 N–H and O–H groups in total. The van der Waals surface area contributed by atoms with Gasteiger partial charge in [-0.2, -0.15) is 0 Å². The smallest absolute Gasteiger partial charge is 0.317 e. The van der Waals surface area contributed by atoms with Gasteiger partial charge in [-0.1, -0.05) is 13.8 Å². The minimum atomic E-state index is -0.847. The summed E-state index contributed by atoms with van der Waals surface area (Å²) in [5.74, 6) is 0.211. The highest BCUT2D eigenvalue weighted by Crippen LogP contribution is 2.10. The van der Waals surface area contributed by atoms with Crippen molar-refractivity contribution in [3.8, 4) is 0 Å². The molecule has 0 saturated heterocycles. The van der Waals surface area contributed by atoms with E-state index in [1.54, 1.807) is 0 Å². The summed E-state index contributed by atoms with van der Waals surface area (Å²) in [7, 11) is 0. The first-order valence-electron chi connectivity index (χ1n) is 5.83. The van der Waals surface area contributed by atoms with Gasteiger partial charge in [0.15, 0.2) is 0 Å². The number of aliphatic carboxylic acids is 1. The summed E-state index contributed by atoms with van der Waals surface area (Å²) in [6.45, 7) is 6.30. The maximum atomic E-state index is 10.8. The van der Waals surface area contributed by atoms with Crippen LogP contribution in [0.4, 0.5) is 0 Å². The average molecular weight is 241 g/mol. The van der Waals surface area contributed by atoms with E-state index in [-0.39, 0.29) is 12.6 Å². The molecular formula is C11H19N3O3. The Kier molecular flexibility index (Phi) is 5.09. The minimum Gasteiger partial charge on any atom is -0.480 e. The van der Waals surface area contributed by atoms with Crippen LogP contribution >= 0.6 is 0 Å². The molecule has 0 saturated carbocycles. The van der Waals surface area contributed by atoms with E-state index < -0.39 is 5.97 Å². The molecule has 0 bridgehead atoms. The van der Waals surface area contributed by atoms with Crippen LogP contribution in [0.3, 0.4) is 0 Å². The zero-order chi connectivity index (χ0) is 12.8. The molecule has 1 heterocycles. The molecule has 1 unspecified atom stereocenters. The fourth-order valence-electron chi connectivity index (χ4n) is 1.47. The lowest BCUT2D eigenvalue weighted by Gasteiger charge is -2.24. The van der Waals surface area contributed by atoms with Crippen LogP contribution in [-0.4, -0.2) is 38.8 Å². The number of rotatable bonds is 7. The van der Waals surface area contributed by atoms with Gasteiger partial charge in [0.2, 0.25) is 11.8 Å². The number of carbonyl (C=O) groups is 1. The fraction of sp³-hybridized carbons (Fsp3) is 0.727. The van der Waals surface area contributed by atoms with Gasteiger partial charge in [0.05, 0.1) is 13.1 Å². The lowest BCUT2D eigenvalue weighted by molar-refractivity contribution is -0.139. The first-order valence-corrected chi connectivity index (χ1v) is 5.83. The molecule has 96 valence electrons. The van der Waals surface area contributed by atoms with Gasteiger partial charge < -0.3 is 9.52 Å². The molecule has 0 aromatic carbocycles. The normalized spacial score (nSPS) is 12.9. The topological polar surface area (TPSA) is 79.5 Å². The van der Waals surface area contributed by atoms with Gasteiger partial charge in [-0.05, 0) is 13.3 Å². The third-order valence-corrected chi connectivity index (χ3v) is 2.70. The van der Waals surface area contributed by atoms with Crippen molar-refractivity contribution in [2.24, 2.45) is 0 Å². The Morgan fingerprint density at radius 3 is 2.53 bits per heavy atom. The van der Waals surface area contributed by atoms with Crippen molar-refractivity contribution in [1.29, 1.82) is 0 Å². The molecule has 1 atom stereocenters. The monoisotopic (exact) mass is 241 g/mol. The summed E-state index contributed by atoms with van der Waals surface area (Å²) >= 11 is 0. The van der Waals surface area contributed by atoms with Crippen molar-refractivity contribution in [3.63, 3.8) is 0 Å². The summed E-state index contributed by atoms with van der Waals surface area (Å²) in [4.78, 5) is 12.6. The first kappa shape index (κ1) is 13.6. The van der Waals surface area contributed by atoms with Crippen LogP contribution in [0.2, 0.25) is 0 Å². The molecule has 0 radical (unpaired) electrons. The molecule has 17 heavy (non-hydrogen) atoms. The number of carboxylic acids is 1. The average Bonchev–Trinajstić information content (AvgIpc) is 2.74. The summed E-state index contributed by atoms with van der Waals surface area (Å²) in [5.41, 5.74) is 0.